The summed E-state index contributed by atoms with van der Waals surface area (Å²) in [4.78, 5) is 11.9. The fraction of sp³-hybridized carbons (Fsp3) is 0.917. The van der Waals surface area contributed by atoms with Crippen molar-refractivity contribution >= 4 is 5.91 Å². The van der Waals surface area contributed by atoms with E-state index >= 15 is 0 Å². The van der Waals surface area contributed by atoms with Crippen LogP contribution in [0.4, 0.5) is 0 Å². The first kappa shape index (κ1) is 10.0. The van der Waals surface area contributed by atoms with Crippen molar-refractivity contribution in [3.05, 3.63) is 0 Å². The monoisotopic (exact) mass is 195 g/mol. The molecule has 2 aliphatic carbocycles. The van der Waals surface area contributed by atoms with Gasteiger partial charge >= 0.3 is 0 Å². The molecule has 1 amide bonds. The molecule has 2 bridgehead atoms. The van der Waals surface area contributed by atoms with Crippen LogP contribution in [-0.4, -0.2) is 11.9 Å². The van der Waals surface area contributed by atoms with Gasteiger partial charge in [-0.1, -0.05) is 13.3 Å². The van der Waals surface area contributed by atoms with E-state index in [4.69, 9.17) is 0 Å². The zero-order valence-electron chi connectivity index (χ0n) is 9.25. The largest absolute Gasteiger partial charge is 0.353 e. The van der Waals surface area contributed by atoms with Crippen molar-refractivity contribution < 1.29 is 4.79 Å². The topological polar surface area (TPSA) is 29.1 Å². The van der Waals surface area contributed by atoms with Gasteiger partial charge in [-0.3, -0.25) is 4.79 Å². The molecule has 4 atom stereocenters. The predicted molar refractivity (Wildman–Crippen MR) is 56.8 cm³/mol. The number of hydrogen-bond donors (Lipinski definition) is 1. The van der Waals surface area contributed by atoms with Gasteiger partial charge in [0, 0.05) is 12.0 Å². The molecule has 2 fully saturated rings. The minimum absolute atomic E-state index is 0.326. The lowest BCUT2D eigenvalue weighted by molar-refractivity contribution is -0.127. The summed E-state index contributed by atoms with van der Waals surface area (Å²) in [5.74, 6) is 2.26. The highest BCUT2D eigenvalue weighted by Crippen LogP contribution is 2.48. The third kappa shape index (κ3) is 1.79. The SMILES string of the molecule is CC[C@@H](C)NC(=O)[C@@H]1C[C@@H]2CC[C@@H]1C2. The predicted octanol–water partition coefficient (Wildman–Crippen LogP) is 2.34. The van der Waals surface area contributed by atoms with Crippen molar-refractivity contribution in [3.8, 4) is 0 Å². The van der Waals surface area contributed by atoms with E-state index in [-0.39, 0.29) is 0 Å². The number of nitrogens with one attached hydrogen (secondary N) is 1. The Kier molecular flexibility index (Phi) is 2.80. The molecule has 0 aliphatic heterocycles. The van der Waals surface area contributed by atoms with Crippen molar-refractivity contribution in [1.29, 1.82) is 0 Å². The Labute approximate surface area is 86.5 Å². The lowest BCUT2D eigenvalue weighted by atomic mass is 9.88. The van der Waals surface area contributed by atoms with Gasteiger partial charge in [0.2, 0.25) is 5.91 Å². The fourth-order valence-corrected chi connectivity index (χ4v) is 3.02. The van der Waals surface area contributed by atoms with Gasteiger partial charge in [-0.05, 0) is 44.4 Å². The van der Waals surface area contributed by atoms with Crippen LogP contribution in [0.3, 0.4) is 0 Å². The summed E-state index contributed by atoms with van der Waals surface area (Å²) < 4.78 is 0. The molecular formula is C12H21NO. The average Bonchev–Trinajstić information content (AvgIpc) is 2.78. The zero-order valence-corrected chi connectivity index (χ0v) is 9.25. The van der Waals surface area contributed by atoms with E-state index in [1.54, 1.807) is 0 Å². The third-order valence-electron chi connectivity index (χ3n) is 4.08. The van der Waals surface area contributed by atoms with Gasteiger partial charge in [0.05, 0.1) is 0 Å². The quantitative estimate of drug-likeness (QED) is 0.735. The maximum absolute atomic E-state index is 11.9. The molecule has 0 aromatic heterocycles. The molecule has 0 unspecified atom stereocenters. The molecule has 2 saturated carbocycles. The summed E-state index contributed by atoms with van der Waals surface area (Å²) in [6.45, 7) is 4.21. The van der Waals surface area contributed by atoms with Crippen molar-refractivity contribution in [1.82, 2.24) is 5.32 Å². The van der Waals surface area contributed by atoms with Crippen LogP contribution in [0.5, 0.6) is 0 Å². The molecule has 0 aromatic carbocycles. The summed E-state index contributed by atoms with van der Waals surface area (Å²) in [5, 5.41) is 3.12. The molecule has 2 nitrogen and oxygen atoms in total. The summed E-state index contributed by atoms with van der Waals surface area (Å²) in [5.41, 5.74) is 0. The lowest BCUT2D eigenvalue weighted by Gasteiger charge is -2.22. The van der Waals surface area contributed by atoms with E-state index in [9.17, 15) is 4.79 Å². The molecule has 0 spiro atoms. The molecular weight excluding hydrogens is 174 g/mol. The van der Waals surface area contributed by atoms with Crippen LogP contribution < -0.4 is 5.32 Å². The van der Waals surface area contributed by atoms with Gasteiger partial charge in [0.1, 0.15) is 0 Å². The summed E-state index contributed by atoms with van der Waals surface area (Å²) in [6.07, 6.45) is 6.18. The van der Waals surface area contributed by atoms with Crippen molar-refractivity contribution in [2.75, 3.05) is 0 Å². The first-order valence-corrected chi connectivity index (χ1v) is 6.01. The first-order chi connectivity index (χ1) is 6.70. The summed E-state index contributed by atoms with van der Waals surface area (Å²) in [7, 11) is 0. The van der Waals surface area contributed by atoms with Crippen LogP contribution in [0.15, 0.2) is 0 Å². The number of amides is 1. The number of hydrogen-bond acceptors (Lipinski definition) is 1. The smallest absolute Gasteiger partial charge is 0.223 e. The number of carbonyl (C=O) groups is 1. The Hall–Kier alpha value is -0.530. The number of fused-ring (bicyclic) bond motifs is 2. The van der Waals surface area contributed by atoms with E-state index in [2.05, 4.69) is 19.2 Å². The van der Waals surface area contributed by atoms with Crippen molar-refractivity contribution in [2.45, 2.75) is 52.0 Å². The first-order valence-electron chi connectivity index (χ1n) is 6.01. The van der Waals surface area contributed by atoms with E-state index in [1.165, 1.54) is 19.3 Å². The van der Waals surface area contributed by atoms with Crippen molar-refractivity contribution in [2.24, 2.45) is 17.8 Å². The second-order valence-corrected chi connectivity index (χ2v) is 5.10. The average molecular weight is 195 g/mol. The van der Waals surface area contributed by atoms with Crippen molar-refractivity contribution in [3.63, 3.8) is 0 Å². The van der Waals surface area contributed by atoms with E-state index in [0.717, 1.165) is 18.8 Å². The Morgan fingerprint density at radius 1 is 1.43 bits per heavy atom. The zero-order chi connectivity index (χ0) is 10.1. The van der Waals surface area contributed by atoms with Crippen LogP contribution >= 0.6 is 0 Å². The standard InChI is InChI=1S/C12H21NO/c1-3-8(2)13-12(14)11-7-9-4-5-10(11)6-9/h8-11H,3-7H2,1-2H3,(H,13,14)/t8-,9-,10-,11-/m1/s1. The van der Waals surface area contributed by atoms with Crippen LogP contribution in [0.2, 0.25) is 0 Å². The van der Waals surface area contributed by atoms with Crippen LogP contribution in [0.25, 0.3) is 0 Å². The van der Waals surface area contributed by atoms with Gasteiger partial charge in [-0.2, -0.15) is 0 Å². The number of carbonyl (C=O) groups excluding carboxylic acids is 1. The van der Waals surface area contributed by atoms with Gasteiger partial charge in [0.15, 0.2) is 0 Å². The summed E-state index contributed by atoms with van der Waals surface area (Å²) >= 11 is 0. The maximum Gasteiger partial charge on any atom is 0.223 e. The molecule has 0 heterocycles. The van der Waals surface area contributed by atoms with Crippen LogP contribution in [0.1, 0.15) is 46.0 Å². The minimum atomic E-state index is 0.326. The van der Waals surface area contributed by atoms with Gasteiger partial charge in [-0.25, -0.2) is 0 Å². The molecule has 80 valence electrons. The molecule has 2 aliphatic rings. The third-order valence-corrected chi connectivity index (χ3v) is 4.08. The highest BCUT2D eigenvalue weighted by Gasteiger charge is 2.43. The molecule has 1 N–H and O–H groups in total. The highest BCUT2D eigenvalue weighted by atomic mass is 16.2. The highest BCUT2D eigenvalue weighted by molar-refractivity contribution is 5.79. The maximum atomic E-state index is 11.9. The Balaban J connectivity index is 1.87. The Morgan fingerprint density at radius 3 is 2.71 bits per heavy atom. The molecule has 2 rings (SSSR count). The van der Waals surface area contributed by atoms with E-state index < -0.39 is 0 Å². The van der Waals surface area contributed by atoms with Crippen LogP contribution in [-0.2, 0) is 4.79 Å². The van der Waals surface area contributed by atoms with Gasteiger partial charge in [-0.15, -0.1) is 0 Å². The molecule has 2 heteroatoms. The van der Waals surface area contributed by atoms with Crippen LogP contribution in [0, 0.1) is 17.8 Å². The molecule has 0 aromatic rings. The fourth-order valence-electron chi connectivity index (χ4n) is 3.02. The van der Waals surface area contributed by atoms with E-state index in [0.29, 0.717) is 23.8 Å². The second kappa shape index (κ2) is 3.92. The van der Waals surface area contributed by atoms with E-state index in [1.807, 2.05) is 0 Å². The Morgan fingerprint density at radius 2 is 2.21 bits per heavy atom. The van der Waals surface area contributed by atoms with Gasteiger partial charge < -0.3 is 5.32 Å². The summed E-state index contributed by atoms with van der Waals surface area (Å²) in [6, 6.07) is 0.349. The normalized spacial score (nSPS) is 37.1. The lowest BCUT2D eigenvalue weighted by Crippen LogP contribution is -2.38. The molecule has 0 radical (unpaired) electrons. The van der Waals surface area contributed by atoms with Gasteiger partial charge in [0.25, 0.3) is 0 Å². The molecule has 0 saturated heterocycles. The number of rotatable bonds is 3. The second-order valence-electron chi connectivity index (χ2n) is 5.10. The Bertz CT molecular complexity index is 226. The molecule has 14 heavy (non-hydrogen) atoms. The minimum Gasteiger partial charge on any atom is -0.353 e.